The number of amidine groups is 1. The van der Waals surface area contributed by atoms with Crippen LogP contribution in [0.5, 0.6) is 0 Å². The molecule has 0 bridgehead atoms. The van der Waals surface area contributed by atoms with Gasteiger partial charge in [-0.05, 0) is 38.3 Å². The molecule has 0 heterocycles. The Balaban J connectivity index is 2.49. The highest BCUT2D eigenvalue weighted by Gasteiger charge is 2.06. The first kappa shape index (κ1) is 13.6. The van der Waals surface area contributed by atoms with Crippen molar-refractivity contribution in [1.82, 2.24) is 0 Å². The van der Waals surface area contributed by atoms with Gasteiger partial charge in [0, 0.05) is 25.2 Å². The summed E-state index contributed by atoms with van der Waals surface area (Å²) in [6, 6.07) is 8.47. The predicted molar refractivity (Wildman–Crippen MR) is 74.8 cm³/mol. The standard InChI is InChI=1S/C14H23N3/c1-3-17(11-7-6-10-14(15)16)13-9-5-4-8-12(13)2/h4-5,8-9H,3,6-7,10-11H2,1-2H3,(H3,15,16). The van der Waals surface area contributed by atoms with Crippen molar-refractivity contribution in [3.8, 4) is 0 Å². The van der Waals surface area contributed by atoms with Gasteiger partial charge in [0.25, 0.3) is 0 Å². The number of nitrogens with zero attached hydrogens (tertiary/aromatic N) is 1. The lowest BCUT2D eigenvalue weighted by Gasteiger charge is -2.24. The average molecular weight is 233 g/mol. The third kappa shape index (κ3) is 4.47. The summed E-state index contributed by atoms with van der Waals surface area (Å²) in [6.45, 7) is 6.38. The van der Waals surface area contributed by atoms with E-state index in [2.05, 4.69) is 43.0 Å². The van der Waals surface area contributed by atoms with E-state index in [4.69, 9.17) is 11.1 Å². The molecule has 0 aromatic heterocycles. The molecule has 0 spiro atoms. The minimum absolute atomic E-state index is 0.295. The van der Waals surface area contributed by atoms with E-state index in [1.807, 2.05) is 0 Å². The molecule has 0 aliphatic carbocycles. The summed E-state index contributed by atoms with van der Waals surface area (Å²) < 4.78 is 0. The van der Waals surface area contributed by atoms with Crippen molar-refractivity contribution in [1.29, 1.82) is 5.41 Å². The van der Waals surface area contributed by atoms with Crippen LogP contribution >= 0.6 is 0 Å². The van der Waals surface area contributed by atoms with Crippen LogP contribution in [0.1, 0.15) is 31.7 Å². The van der Waals surface area contributed by atoms with Crippen LogP contribution in [0, 0.1) is 12.3 Å². The molecule has 0 radical (unpaired) electrons. The maximum Gasteiger partial charge on any atom is 0.0905 e. The molecule has 3 heteroatoms. The molecule has 0 unspecified atom stereocenters. The van der Waals surface area contributed by atoms with Gasteiger partial charge >= 0.3 is 0 Å². The zero-order chi connectivity index (χ0) is 12.7. The topological polar surface area (TPSA) is 53.1 Å². The molecular formula is C14H23N3. The summed E-state index contributed by atoms with van der Waals surface area (Å²) in [5.41, 5.74) is 7.98. The molecule has 1 aromatic carbocycles. The second kappa shape index (κ2) is 6.94. The first-order valence-electron chi connectivity index (χ1n) is 6.28. The van der Waals surface area contributed by atoms with Crippen molar-refractivity contribution >= 4 is 11.5 Å². The summed E-state index contributed by atoms with van der Waals surface area (Å²) in [5.74, 6) is 0.295. The number of nitrogens with one attached hydrogen (secondary N) is 1. The zero-order valence-corrected chi connectivity index (χ0v) is 10.9. The van der Waals surface area contributed by atoms with E-state index in [1.54, 1.807) is 0 Å². The van der Waals surface area contributed by atoms with E-state index in [1.165, 1.54) is 11.3 Å². The first-order chi connectivity index (χ1) is 8.15. The Morgan fingerprint density at radius 2 is 2.00 bits per heavy atom. The third-order valence-electron chi connectivity index (χ3n) is 2.96. The molecule has 1 rings (SSSR count). The number of unbranched alkanes of at least 4 members (excludes halogenated alkanes) is 1. The fourth-order valence-corrected chi connectivity index (χ4v) is 1.99. The van der Waals surface area contributed by atoms with E-state index in [-0.39, 0.29) is 0 Å². The quantitative estimate of drug-likeness (QED) is 0.432. The van der Waals surface area contributed by atoms with Gasteiger partial charge in [-0.3, -0.25) is 5.41 Å². The average Bonchev–Trinajstić information content (AvgIpc) is 2.30. The number of aryl methyl sites for hydroxylation is 1. The molecular weight excluding hydrogens is 210 g/mol. The van der Waals surface area contributed by atoms with Crippen LogP contribution in [0.25, 0.3) is 0 Å². The minimum atomic E-state index is 0.295. The normalized spacial score (nSPS) is 10.2. The number of nitrogens with two attached hydrogens (primary N) is 1. The highest BCUT2D eigenvalue weighted by atomic mass is 15.1. The van der Waals surface area contributed by atoms with Crippen LogP contribution in [0.4, 0.5) is 5.69 Å². The van der Waals surface area contributed by atoms with Gasteiger partial charge in [0.05, 0.1) is 5.84 Å². The van der Waals surface area contributed by atoms with E-state index < -0.39 is 0 Å². The number of anilines is 1. The highest BCUT2D eigenvalue weighted by Crippen LogP contribution is 2.19. The Morgan fingerprint density at radius 3 is 2.59 bits per heavy atom. The van der Waals surface area contributed by atoms with Gasteiger partial charge in [-0.2, -0.15) is 0 Å². The Bertz CT molecular complexity index is 360. The Labute approximate surface area is 104 Å². The van der Waals surface area contributed by atoms with Gasteiger partial charge in [0.15, 0.2) is 0 Å². The molecule has 1 aromatic rings. The Hall–Kier alpha value is -1.51. The molecule has 0 fully saturated rings. The molecule has 0 amide bonds. The lowest BCUT2D eigenvalue weighted by Crippen LogP contribution is -2.25. The van der Waals surface area contributed by atoms with Crippen LogP contribution in [0.2, 0.25) is 0 Å². The number of hydrogen-bond acceptors (Lipinski definition) is 2. The van der Waals surface area contributed by atoms with Crippen molar-refractivity contribution in [2.75, 3.05) is 18.0 Å². The molecule has 0 saturated carbocycles. The third-order valence-corrected chi connectivity index (χ3v) is 2.96. The summed E-state index contributed by atoms with van der Waals surface area (Å²) in [4.78, 5) is 2.38. The lowest BCUT2D eigenvalue weighted by molar-refractivity contribution is 0.710. The molecule has 3 nitrogen and oxygen atoms in total. The monoisotopic (exact) mass is 233 g/mol. The predicted octanol–water partition coefficient (Wildman–Crippen LogP) is 2.93. The maximum atomic E-state index is 7.19. The Kier molecular flexibility index (Phi) is 5.53. The molecule has 3 N–H and O–H groups in total. The van der Waals surface area contributed by atoms with Crippen molar-refractivity contribution in [2.24, 2.45) is 5.73 Å². The summed E-state index contributed by atoms with van der Waals surface area (Å²) in [5, 5.41) is 7.19. The van der Waals surface area contributed by atoms with Crippen molar-refractivity contribution in [3.05, 3.63) is 29.8 Å². The Morgan fingerprint density at radius 1 is 1.29 bits per heavy atom. The fraction of sp³-hybridized carbons (Fsp3) is 0.500. The van der Waals surface area contributed by atoms with Crippen LogP contribution in [0.15, 0.2) is 24.3 Å². The van der Waals surface area contributed by atoms with Crippen molar-refractivity contribution in [2.45, 2.75) is 33.1 Å². The van der Waals surface area contributed by atoms with E-state index >= 15 is 0 Å². The molecule has 94 valence electrons. The van der Waals surface area contributed by atoms with Crippen LogP contribution < -0.4 is 10.6 Å². The summed E-state index contributed by atoms with van der Waals surface area (Å²) in [6.07, 6.45) is 2.80. The maximum absolute atomic E-state index is 7.19. The first-order valence-corrected chi connectivity index (χ1v) is 6.28. The number of hydrogen-bond donors (Lipinski definition) is 2. The number of rotatable bonds is 7. The zero-order valence-electron chi connectivity index (χ0n) is 10.9. The molecule has 0 aliphatic rings. The fourth-order valence-electron chi connectivity index (χ4n) is 1.99. The SMILES string of the molecule is CCN(CCCCC(=N)N)c1ccccc1C. The number of benzene rings is 1. The van der Waals surface area contributed by atoms with Crippen LogP contribution in [0.3, 0.4) is 0 Å². The second-order valence-electron chi connectivity index (χ2n) is 4.35. The summed E-state index contributed by atoms with van der Waals surface area (Å²) >= 11 is 0. The highest BCUT2D eigenvalue weighted by molar-refractivity contribution is 5.76. The minimum Gasteiger partial charge on any atom is -0.388 e. The number of para-hydroxylation sites is 1. The van der Waals surface area contributed by atoms with Gasteiger partial charge in [-0.25, -0.2) is 0 Å². The molecule has 0 aliphatic heterocycles. The lowest BCUT2D eigenvalue weighted by atomic mass is 10.1. The largest absolute Gasteiger partial charge is 0.388 e. The molecule has 17 heavy (non-hydrogen) atoms. The molecule has 0 atom stereocenters. The van der Waals surface area contributed by atoms with Crippen molar-refractivity contribution < 1.29 is 0 Å². The van der Waals surface area contributed by atoms with Gasteiger partial charge in [-0.15, -0.1) is 0 Å². The van der Waals surface area contributed by atoms with Gasteiger partial charge < -0.3 is 10.6 Å². The second-order valence-corrected chi connectivity index (χ2v) is 4.35. The van der Waals surface area contributed by atoms with Crippen LogP contribution in [-0.4, -0.2) is 18.9 Å². The van der Waals surface area contributed by atoms with Gasteiger partial charge in [-0.1, -0.05) is 18.2 Å². The molecule has 0 saturated heterocycles. The van der Waals surface area contributed by atoms with E-state index in [0.29, 0.717) is 12.3 Å². The van der Waals surface area contributed by atoms with E-state index in [0.717, 1.165) is 25.9 Å². The van der Waals surface area contributed by atoms with Gasteiger partial charge in [0.1, 0.15) is 0 Å². The summed E-state index contributed by atoms with van der Waals surface area (Å²) in [7, 11) is 0. The smallest absolute Gasteiger partial charge is 0.0905 e. The van der Waals surface area contributed by atoms with E-state index in [9.17, 15) is 0 Å². The van der Waals surface area contributed by atoms with Gasteiger partial charge in [0.2, 0.25) is 0 Å². The van der Waals surface area contributed by atoms with Crippen LogP contribution in [-0.2, 0) is 0 Å². The van der Waals surface area contributed by atoms with Crippen molar-refractivity contribution in [3.63, 3.8) is 0 Å².